The molecule has 0 bridgehead atoms. The van der Waals surface area contributed by atoms with Gasteiger partial charge in [-0.2, -0.15) is 0 Å². The molecule has 3 rings (SSSR count). The first-order valence-electron chi connectivity index (χ1n) is 7.93. The van der Waals surface area contributed by atoms with Gasteiger partial charge in [-0.05, 0) is 25.0 Å². The van der Waals surface area contributed by atoms with E-state index in [9.17, 15) is 14.5 Å². The number of benzene rings is 1. The van der Waals surface area contributed by atoms with Crippen LogP contribution in [0.5, 0.6) is 0 Å². The number of nitro benzene ring substituents is 1. The number of nitro groups is 1. The molecule has 1 saturated heterocycles. The van der Waals surface area contributed by atoms with Gasteiger partial charge in [0.1, 0.15) is 18.0 Å². The topological polar surface area (TPSA) is 104 Å². The highest BCUT2D eigenvalue weighted by Crippen LogP contribution is 2.30. The van der Waals surface area contributed by atoms with E-state index in [0.717, 1.165) is 32.0 Å². The van der Waals surface area contributed by atoms with Crippen molar-refractivity contribution < 1.29 is 14.4 Å². The van der Waals surface area contributed by atoms with E-state index < -0.39 is 10.7 Å². The molecule has 2 heterocycles. The Kier molecular flexibility index (Phi) is 5.15. The van der Waals surface area contributed by atoms with E-state index in [1.54, 1.807) is 6.07 Å². The summed E-state index contributed by atoms with van der Waals surface area (Å²) in [5.41, 5.74) is 0.268. The largest absolute Gasteiger partial charge is 0.381 e. The van der Waals surface area contributed by atoms with Gasteiger partial charge in [-0.3, -0.25) is 15.0 Å². The molecule has 0 radical (unpaired) electrons. The van der Waals surface area contributed by atoms with Crippen LogP contribution in [0.25, 0.3) is 11.3 Å². The SMILES string of the molecule is O=[N+]([O-])c1cc(F)ccc1-c1cc(NC2CCN(CO)CC2)ncn1. The predicted molar refractivity (Wildman–Crippen MR) is 89.4 cm³/mol. The maximum absolute atomic E-state index is 13.3. The molecule has 25 heavy (non-hydrogen) atoms. The molecular formula is C16H18FN5O3. The van der Waals surface area contributed by atoms with Crippen molar-refractivity contribution in [1.29, 1.82) is 0 Å². The lowest BCUT2D eigenvalue weighted by Crippen LogP contribution is -2.39. The fourth-order valence-corrected chi connectivity index (χ4v) is 2.88. The maximum atomic E-state index is 13.3. The highest BCUT2D eigenvalue weighted by atomic mass is 19.1. The monoisotopic (exact) mass is 347 g/mol. The van der Waals surface area contributed by atoms with Crippen molar-refractivity contribution in [2.24, 2.45) is 0 Å². The van der Waals surface area contributed by atoms with Gasteiger partial charge >= 0.3 is 0 Å². The zero-order chi connectivity index (χ0) is 17.8. The van der Waals surface area contributed by atoms with Gasteiger partial charge in [-0.25, -0.2) is 14.4 Å². The lowest BCUT2D eigenvalue weighted by Gasteiger charge is -2.31. The van der Waals surface area contributed by atoms with Gasteiger partial charge in [0.2, 0.25) is 0 Å². The van der Waals surface area contributed by atoms with Crippen LogP contribution < -0.4 is 5.32 Å². The summed E-state index contributed by atoms with van der Waals surface area (Å²) in [5, 5.41) is 23.6. The minimum atomic E-state index is -0.668. The second kappa shape index (κ2) is 7.49. The number of likely N-dealkylation sites (tertiary alicyclic amines) is 1. The first-order chi connectivity index (χ1) is 12.1. The quantitative estimate of drug-likeness (QED) is 0.630. The second-order valence-corrected chi connectivity index (χ2v) is 5.89. The number of rotatable bonds is 5. The van der Waals surface area contributed by atoms with Crippen LogP contribution in [0.3, 0.4) is 0 Å². The molecule has 0 spiro atoms. The van der Waals surface area contributed by atoms with Gasteiger partial charge in [0.15, 0.2) is 0 Å². The summed E-state index contributed by atoms with van der Waals surface area (Å²) < 4.78 is 13.3. The Bertz CT molecular complexity index is 765. The van der Waals surface area contributed by atoms with Crippen molar-refractivity contribution in [2.45, 2.75) is 18.9 Å². The van der Waals surface area contributed by atoms with Crippen LogP contribution in [0.1, 0.15) is 12.8 Å². The number of aliphatic hydroxyl groups excluding tert-OH is 1. The molecule has 0 aliphatic carbocycles. The Morgan fingerprint density at radius 1 is 1.32 bits per heavy atom. The highest BCUT2D eigenvalue weighted by Gasteiger charge is 2.20. The summed E-state index contributed by atoms with van der Waals surface area (Å²) in [6.07, 6.45) is 3.04. The smallest absolute Gasteiger partial charge is 0.281 e. The van der Waals surface area contributed by atoms with Crippen molar-refractivity contribution in [2.75, 3.05) is 25.1 Å². The minimum Gasteiger partial charge on any atom is -0.381 e. The Labute approximate surface area is 143 Å². The third-order valence-electron chi connectivity index (χ3n) is 4.24. The first kappa shape index (κ1) is 17.2. The summed E-state index contributed by atoms with van der Waals surface area (Å²) >= 11 is 0. The third-order valence-corrected chi connectivity index (χ3v) is 4.24. The van der Waals surface area contributed by atoms with E-state index in [4.69, 9.17) is 5.11 Å². The molecule has 9 heteroatoms. The number of piperidine rings is 1. The van der Waals surface area contributed by atoms with Gasteiger partial charge in [0, 0.05) is 25.2 Å². The molecule has 0 unspecified atom stereocenters. The van der Waals surface area contributed by atoms with Gasteiger partial charge in [0.05, 0.1) is 29.0 Å². The molecule has 1 aliphatic heterocycles. The molecule has 8 nitrogen and oxygen atoms in total. The van der Waals surface area contributed by atoms with Gasteiger partial charge in [0.25, 0.3) is 5.69 Å². The molecule has 1 aromatic carbocycles. The number of aromatic nitrogens is 2. The molecule has 0 atom stereocenters. The Hall–Kier alpha value is -2.65. The van der Waals surface area contributed by atoms with Gasteiger partial charge in [-0.15, -0.1) is 0 Å². The Balaban J connectivity index is 1.80. The summed E-state index contributed by atoms with van der Waals surface area (Å²) in [6, 6.07) is 5.23. The summed E-state index contributed by atoms with van der Waals surface area (Å²) in [5.74, 6) is -0.107. The summed E-state index contributed by atoms with van der Waals surface area (Å²) in [4.78, 5) is 20.7. The highest BCUT2D eigenvalue weighted by molar-refractivity contribution is 5.72. The van der Waals surface area contributed by atoms with Crippen LogP contribution in [-0.2, 0) is 0 Å². The predicted octanol–water partition coefficient (Wildman–Crippen LogP) is 2.02. The average molecular weight is 347 g/mol. The summed E-state index contributed by atoms with van der Waals surface area (Å²) in [7, 11) is 0. The lowest BCUT2D eigenvalue weighted by molar-refractivity contribution is -0.384. The molecule has 2 aromatic rings. The van der Waals surface area contributed by atoms with Crippen LogP contribution in [-0.4, -0.2) is 50.8 Å². The number of halogens is 1. The van der Waals surface area contributed by atoms with E-state index in [2.05, 4.69) is 15.3 Å². The molecule has 0 amide bonds. The van der Waals surface area contributed by atoms with Crippen LogP contribution >= 0.6 is 0 Å². The molecule has 1 fully saturated rings. The molecular weight excluding hydrogens is 329 g/mol. The van der Waals surface area contributed by atoms with Crippen molar-refractivity contribution in [3.05, 3.63) is 46.5 Å². The normalized spacial score (nSPS) is 15.9. The number of hydrogen-bond acceptors (Lipinski definition) is 7. The van der Waals surface area contributed by atoms with Crippen LogP contribution in [0, 0.1) is 15.9 Å². The van der Waals surface area contributed by atoms with E-state index in [-0.39, 0.29) is 24.0 Å². The fraction of sp³-hybridized carbons (Fsp3) is 0.375. The van der Waals surface area contributed by atoms with E-state index in [1.807, 2.05) is 4.90 Å². The Morgan fingerprint density at radius 3 is 2.76 bits per heavy atom. The number of nitrogens with zero attached hydrogens (tertiary/aromatic N) is 4. The number of hydrogen-bond donors (Lipinski definition) is 2. The van der Waals surface area contributed by atoms with Crippen LogP contribution in [0.15, 0.2) is 30.6 Å². The van der Waals surface area contributed by atoms with E-state index >= 15 is 0 Å². The van der Waals surface area contributed by atoms with Gasteiger partial charge < -0.3 is 10.4 Å². The van der Waals surface area contributed by atoms with Crippen LogP contribution in [0.2, 0.25) is 0 Å². The van der Waals surface area contributed by atoms with Gasteiger partial charge in [-0.1, -0.05) is 0 Å². The fourth-order valence-electron chi connectivity index (χ4n) is 2.88. The van der Waals surface area contributed by atoms with E-state index in [0.29, 0.717) is 11.5 Å². The number of anilines is 1. The van der Waals surface area contributed by atoms with Crippen molar-refractivity contribution in [3.8, 4) is 11.3 Å². The molecule has 1 aromatic heterocycles. The zero-order valence-corrected chi connectivity index (χ0v) is 13.4. The standard InChI is InChI=1S/C16H18FN5O3/c17-11-1-2-13(15(7-11)22(24)25)14-8-16(19-9-18-14)20-12-3-5-21(10-23)6-4-12/h1-2,7-9,12,23H,3-6,10H2,(H,18,19,20). The molecule has 2 N–H and O–H groups in total. The zero-order valence-electron chi connectivity index (χ0n) is 13.4. The average Bonchev–Trinajstić information content (AvgIpc) is 2.62. The number of aliphatic hydroxyl groups is 1. The summed E-state index contributed by atoms with van der Waals surface area (Å²) in [6.45, 7) is 1.63. The van der Waals surface area contributed by atoms with Crippen molar-refractivity contribution in [1.82, 2.24) is 14.9 Å². The second-order valence-electron chi connectivity index (χ2n) is 5.89. The minimum absolute atomic E-state index is 0.0542. The van der Waals surface area contributed by atoms with Crippen LogP contribution in [0.4, 0.5) is 15.9 Å². The van der Waals surface area contributed by atoms with E-state index in [1.165, 1.54) is 18.5 Å². The molecule has 132 valence electrons. The van der Waals surface area contributed by atoms with Crippen molar-refractivity contribution in [3.63, 3.8) is 0 Å². The lowest BCUT2D eigenvalue weighted by atomic mass is 10.1. The first-order valence-corrected chi connectivity index (χ1v) is 7.93. The van der Waals surface area contributed by atoms with Crippen molar-refractivity contribution >= 4 is 11.5 Å². The third kappa shape index (κ3) is 4.06. The number of nitrogens with one attached hydrogen (secondary N) is 1. The molecule has 1 aliphatic rings. The maximum Gasteiger partial charge on any atom is 0.281 e. The Morgan fingerprint density at radius 2 is 2.08 bits per heavy atom. The molecule has 0 saturated carbocycles.